The van der Waals surface area contributed by atoms with E-state index in [4.69, 9.17) is 15.7 Å². The van der Waals surface area contributed by atoms with Crippen molar-refractivity contribution in [3.63, 3.8) is 0 Å². The van der Waals surface area contributed by atoms with E-state index in [0.29, 0.717) is 5.69 Å². The number of aliphatic hydroxyl groups excluding tert-OH is 1. The number of aliphatic hydroxyl groups is 1. The van der Waals surface area contributed by atoms with Crippen molar-refractivity contribution < 1.29 is 5.11 Å². The van der Waals surface area contributed by atoms with E-state index in [2.05, 4.69) is 35.0 Å². The van der Waals surface area contributed by atoms with Crippen molar-refractivity contribution in [1.29, 1.82) is 0 Å². The minimum absolute atomic E-state index is 0.123. The van der Waals surface area contributed by atoms with Crippen LogP contribution in [0.3, 0.4) is 0 Å². The van der Waals surface area contributed by atoms with Crippen LogP contribution in [0.5, 0.6) is 0 Å². The molecule has 0 spiro atoms. The summed E-state index contributed by atoms with van der Waals surface area (Å²) in [6, 6.07) is 6.57. The molecule has 1 aromatic carbocycles. The molecule has 6 nitrogen and oxygen atoms in total. The number of piperidine rings is 1. The molecule has 0 aliphatic carbocycles. The van der Waals surface area contributed by atoms with Gasteiger partial charge in [0.1, 0.15) is 5.69 Å². The molecule has 2 aromatic heterocycles. The molecule has 0 bridgehead atoms. The van der Waals surface area contributed by atoms with Gasteiger partial charge in [-0.15, -0.1) is 0 Å². The van der Waals surface area contributed by atoms with Crippen molar-refractivity contribution in [3.8, 4) is 11.3 Å². The number of aromatic amines is 1. The molecule has 3 heterocycles. The number of benzene rings is 1. The lowest BCUT2D eigenvalue weighted by molar-refractivity contribution is 0.276. The molecule has 0 atom stereocenters. The third kappa shape index (κ3) is 2.95. The summed E-state index contributed by atoms with van der Waals surface area (Å²) in [6.07, 6.45) is 3.83. The van der Waals surface area contributed by atoms with Crippen LogP contribution >= 0.6 is 0 Å². The van der Waals surface area contributed by atoms with Crippen LogP contribution in [0.4, 0.5) is 5.82 Å². The maximum absolute atomic E-state index is 9.90. The van der Waals surface area contributed by atoms with Gasteiger partial charge in [-0.05, 0) is 50.5 Å². The Kier molecular flexibility index (Phi) is 4.38. The maximum atomic E-state index is 9.90. The number of nitrogens with one attached hydrogen (secondary N) is 1. The molecule has 3 aromatic rings. The molecular weight excluding hydrogens is 326 g/mol. The van der Waals surface area contributed by atoms with E-state index in [0.717, 1.165) is 54.2 Å². The smallest absolute Gasteiger partial charge is 0.153 e. The second-order valence-corrected chi connectivity index (χ2v) is 7.14. The highest BCUT2D eigenvalue weighted by atomic mass is 16.3. The standard InChI is InChI=1S/C20H25N5O/c1-12-9-14(10-17-16(12)3-6-22-17)19-13(2)23-20(18(11-26)24-19)25-7-4-15(21)5-8-25/h3,6,9-10,15,22,26H,4-5,7-8,11,21H2,1-2H3. The molecule has 0 unspecified atom stereocenters. The molecule has 1 aliphatic heterocycles. The summed E-state index contributed by atoms with van der Waals surface area (Å²) in [4.78, 5) is 15.1. The van der Waals surface area contributed by atoms with Crippen LogP contribution in [-0.2, 0) is 6.61 Å². The first-order chi connectivity index (χ1) is 12.6. The predicted molar refractivity (Wildman–Crippen MR) is 104 cm³/mol. The molecule has 0 amide bonds. The Balaban J connectivity index is 1.77. The largest absolute Gasteiger partial charge is 0.390 e. The predicted octanol–water partition coefficient (Wildman–Crippen LogP) is 2.66. The highest BCUT2D eigenvalue weighted by Gasteiger charge is 2.22. The second-order valence-electron chi connectivity index (χ2n) is 7.14. The molecule has 4 N–H and O–H groups in total. The van der Waals surface area contributed by atoms with Gasteiger partial charge in [-0.25, -0.2) is 9.97 Å². The monoisotopic (exact) mass is 351 g/mol. The van der Waals surface area contributed by atoms with Crippen LogP contribution in [0.25, 0.3) is 22.2 Å². The number of H-pyrrole nitrogens is 1. The number of hydrogen-bond donors (Lipinski definition) is 3. The van der Waals surface area contributed by atoms with E-state index in [1.54, 1.807) is 0 Å². The fraction of sp³-hybridized carbons (Fsp3) is 0.400. The number of nitrogens with zero attached hydrogens (tertiary/aromatic N) is 3. The lowest BCUT2D eigenvalue weighted by atomic mass is 10.0. The Morgan fingerprint density at radius 1 is 1.23 bits per heavy atom. The summed E-state index contributed by atoms with van der Waals surface area (Å²) in [6.45, 7) is 5.67. The molecule has 1 aliphatic rings. The van der Waals surface area contributed by atoms with Gasteiger partial charge >= 0.3 is 0 Å². The van der Waals surface area contributed by atoms with E-state index >= 15 is 0 Å². The van der Waals surface area contributed by atoms with Crippen LogP contribution in [0.15, 0.2) is 24.4 Å². The maximum Gasteiger partial charge on any atom is 0.153 e. The minimum Gasteiger partial charge on any atom is -0.390 e. The van der Waals surface area contributed by atoms with E-state index in [1.165, 1.54) is 10.9 Å². The molecule has 1 saturated heterocycles. The number of aryl methyl sites for hydroxylation is 2. The van der Waals surface area contributed by atoms with E-state index in [-0.39, 0.29) is 12.6 Å². The number of rotatable bonds is 3. The van der Waals surface area contributed by atoms with Crippen molar-refractivity contribution in [3.05, 3.63) is 41.3 Å². The van der Waals surface area contributed by atoms with E-state index < -0.39 is 0 Å². The van der Waals surface area contributed by atoms with Gasteiger partial charge < -0.3 is 20.7 Å². The zero-order valence-corrected chi connectivity index (χ0v) is 15.3. The Bertz CT molecular complexity index is 941. The average molecular weight is 351 g/mol. The van der Waals surface area contributed by atoms with Gasteiger partial charge in [0, 0.05) is 41.8 Å². The highest BCUT2D eigenvalue weighted by Crippen LogP contribution is 2.30. The summed E-state index contributed by atoms with van der Waals surface area (Å²) >= 11 is 0. The zero-order chi connectivity index (χ0) is 18.3. The Labute approximate surface area is 153 Å². The van der Waals surface area contributed by atoms with E-state index in [9.17, 15) is 5.11 Å². The number of anilines is 1. The molecule has 0 radical (unpaired) electrons. The van der Waals surface area contributed by atoms with Crippen molar-refractivity contribution >= 4 is 16.7 Å². The van der Waals surface area contributed by atoms with Gasteiger partial charge in [-0.2, -0.15) is 0 Å². The molecule has 1 fully saturated rings. The number of fused-ring (bicyclic) bond motifs is 1. The van der Waals surface area contributed by atoms with Gasteiger partial charge in [0.05, 0.1) is 18.0 Å². The molecular formula is C20H25N5O. The number of aromatic nitrogens is 3. The normalized spacial score (nSPS) is 15.8. The quantitative estimate of drug-likeness (QED) is 0.675. The third-order valence-electron chi connectivity index (χ3n) is 5.26. The number of hydrogen-bond acceptors (Lipinski definition) is 5. The van der Waals surface area contributed by atoms with Gasteiger partial charge in [-0.1, -0.05) is 0 Å². The van der Waals surface area contributed by atoms with Gasteiger partial charge in [-0.3, -0.25) is 0 Å². The topological polar surface area (TPSA) is 91.1 Å². The second kappa shape index (κ2) is 6.70. The first-order valence-corrected chi connectivity index (χ1v) is 9.14. The highest BCUT2D eigenvalue weighted by molar-refractivity contribution is 5.87. The van der Waals surface area contributed by atoms with Crippen LogP contribution in [-0.4, -0.2) is 39.2 Å². The summed E-state index contributed by atoms with van der Waals surface area (Å²) < 4.78 is 0. The van der Waals surface area contributed by atoms with Gasteiger partial charge in [0.2, 0.25) is 0 Å². The van der Waals surface area contributed by atoms with Crippen LogP contribution in [0.1, 0.15) is 29.8 Å². The van der Waals surface area contributed by atoms with Gasteiger partial charge in [0.15, 0.2) is 5.82 Å². The zero-order valence-electron chi connectivity index (χ0n) is 15.3. The fourth-order valence-corrected chi connectivity index (χ4v) is 3.78. The Morgan fingerprint density at radius 3 is 2.73 bits per heavy atom. The minimum atomic E-state index is -0.123. The van der Waals surface area contributed by atoms with Crippen LogP contribution < -0.4 is 10.6 Å². The molecule has 0 saturated carbocycles. The summed E-state index contributed by atoms with van der Waals surface area (Å²) in [5.74, 6) is 0.790. The summed E-state index contributed by atoms with van der Waals surface area (Å²) in [7, 11) is 0. The summed E-state index contributed by atoms with van der Waals surface area (Å²) in [5, 5.41) is 11.1. The SMILES string of the molecule is Cc1nc(N2CCC(N)CC2)c(CO)nc1-c1cc(C)c2cc[nH]c2c1. The van der Waals surface area contributed by atoms with Crippen LogP contribution in [0.2, 0.25) is 0 Å². The van der Waals surface area contributed by atoms with Crippen LogP contribution in [0, 0.1) is 13.8 Å². The van der Waals surface area contributed by atoms with Gasteiger partial charge in [0.25, 0.3) is 0 Å². The Hall–Kier alpha value is -2.44. The van der Waals surface area contributed by atoms with Crippen molar-refractivity contribution in [2.24, 2.45) is 5.73 Å². The fourth-order valence-electron chi connectivity index (χ4n) is 3.78. The third-order valence-corrected chi connectivity index (χ3v) is 5.26. The number of nitrogens with two attached hydrogens (primary N) is 1. The lowest BCUT2D eigenvalue weighted by Crippen LogP contribution is -2.40. The van der Waals surface area contributed by atoms with Crippen molar-refractivity contribution in [2.75, 3.05) is 18.0 Å². The lowest BCUT2D eigenvalue weighted by Gasteiger charge is -2.32. The average Bonchev–Trinajstić information content (AvgIpc) is 3.11. The van der Waals surface area contributed by atoms with E-state index in [1.807, 2.05) is 13.1 Å². The molecule has 4 rings (SSSR count). The first-order valence-electron chi connectivity index (χ1n) is 9.14. The summed E-state index contributed by atoms with van der Waals surface area (Å²) in [5.41, 5.74) is 11.6. The molecule has 6 heteroatoms. The molecule has 26 heavy (non-hydrogen) atoms. The van der Waals surface area contributed by atoms with Crippen molar-refractivity contribution in [2.45, 2.75) is 39.3 Å². The first kappa shape index (κ1) is 17.0. The Morgan fingerprint density at radius 2 is 2.00 bits per heavy atom. The van der Waals surface area contributed by atoms with Crippen molar-refractivity contribution in [1.82, 2.24) is 15.0 Å². The molecule has 136 valence electrons.